The highest BCUT2D eigenvalue weighted by Crippen LogP contribution is 2.05. The van der Waals surface area contributed by atoms with E-state index in [0.717, 1.165) is 6.54 Å². The summed E-state index contributed by atoms with van der Waals surface area (Å²) in [6.07, 6.45) is 1.22. The molecule has 0 aromatic rings. The van der Waals surface area contributed by atoms with Gasteiger partial charge < -0.3 is 10.2 Å². The maximum atomic E-state index is 3.55. The van der Waals surface area contributed by atoms with Crippen molar-refractivity contribution in [1.29, 1.82) is 0 Å². The average Bonchev–Trinajstić information content (AvgIpc) is 2.23. The first-order chi connectivity index (χ1) is 7.13. The molecule has 3 heteroatoms. The Morgan fingerprint density at radius 3 is 2.73 bits per heavy atom. The van der Waals surface area contributed by atoms with Crippen LogP contribution in [0.2, 0.25) is 0 Å². The van der Waals surface area contributed by atoms with Gasteiger partial charge in [0.2, 0.25) is 0 Å². The van der Waals surface area contributed by atoms with Gasteiger partial charge in [-0.2, -0.15) is 0 Å². The smallest absolute Gasteiger partial charge is 0.0192 e. The van der Waals surface area contributed by atoms with Crippen LogP contribution >= 0.6 is 0 Å². The van der Waals surface area contributed by atoms with Crippen molar-refractivity contribution in [3.8, 4) is 0 Å². The van der Waals surface area contributed by atoms with Gasteiger partial charge in [-0.05, 0) is 27.3 Å². The molecule has 2 unspecified atom stereocenters. The molecular weight excluding hydrogens is 186 g/mol. The normalized spacial score (nSPS) is 26.8. The third-order valence-corrected chi connectivity index (χ3v) is 3.58. The standard InChI is InChI=1S/C12H27N3/c1-5-11(2)13-6-7-15-9-8-14(4)12(3)10-15/h11-13H,5-10H2,1-4H3. The zero-order valence-corrected chi connectivity index (χ0v) is 10.8. The van der Waals surface area contributed by atoms with Crippen molar-refractivity contribution in [3.63, 3.8) is 0 Å². The van der Waals surface area contributed by atoms with Crippen LogP contribution in [0, 0.1) is 0 Å². The fourth-order valence-corrected chi connectivity index (χ4v) is 1.94. The van der Waals surface area contributed by atoms with Crippen LogP contribution in [0.1, 0.15) is 27.2 Å². The number of nitrogens with one attached hydrogen (secondary N) is 1. The molecule has 1 fully saturated rings. The van der Waals surface area contributed by atoms with Crippen molar-refractivity contribution in [2.45, 2.75) is 39.3 Å². The molecule has 0 bridgehead atoms. The molecule has 0 aliphatic carbocycles. The van der Waals surface area contributed by atoms with Gasteiger partial charge in [0.1, 0.15) is 0 Å². The number of rotatable bonds is 5. The van der Waals surface area contributed by atoms with Gasteiger partial charge >= 0.3 is 0 Å². The van der Waals surface area contributed by atoms with Gasteiger partial charge in [0.25, 0.3) is 0 Å². The Bertz CT molecular complexity index is 172. The summed E-state index contributed by atoms with van der Waals surface area (Å²) in [6, 6.07) is 1.37. The van der Waals surface area contributed by atoms with E-state index in [-0.39, 0.29) is 0 Å². The van der Waals surface area contributed by atoms with Crippen LogP contribution in [0.5, 0.6) is 0 Å². The summed E-state index contributed by atoms with van der Waals surface area (Å²) in [5.41, 5.74) is 0. The summed E-state index contributed by atoms with van der Waals surface area (Å²) < 4.78 is 0. The number of piperazine rings is 1. The number of nitrogens with zero attached hydrogens (tertiary/aromatic N) is 2. The molecule has 1 rings (SSSR count). The first kappa shape index (κ1) is 12.9. The molecule has 0 spiro atoms. The Kier molecular flexibility index (Phi) is 5.58. The minimum absolute atomic E-state index is 0.662. The second kappa shape index (κ2) is 6.46. The fraction of sp³-hybridized carbons (Fsp3) is 1.00. The molecule has 0 aromatic carbocycles. The van der Waals surface area contributed by atoms with E-state index in [1.807, 2.05) is 0 Å². The van der Waals surface area contributed by atoms with E-state index in [0.29, 0.717) is 12.1 Å². The zero-order valence-electron chi connectivity index (χ0n) is 10.8. The Morgan fingerprint density at radius 2 is 2.13 bits per heavy atom. The van der Waals surface area contributed by atoms with E-state index < -0.39 is 0 Å². The number of likely N-dealkylation sites (N-methyl/N-ethyl adjacent to an activating group) is 1. The summed E-state index contributed by atoms with van der Waals surface area (Å²) >= 11 is 0. The van der Waals surface area contributed by atoms with Gasteiger partial charge in [-0.25, -0.2) is 0 Å². The summed E-state index contributed by atoms with van der Waals surface area (Å²) in [4.78, 5) is 5.01. The summed E-state index contributed by atoms with van der Waals surface area (Å²) in [6.45, 7) is 12.8. The van der Waals surface area contributed by atoms with E-state index in [1.54, 1.807) is 0 Å². The van der Waals surface area contributed by atoms with Crippen molar-refractivity contribution >= 4 is 0 Å². The van der Waals surface area contributed by atoms with Gasteiger partial charge in [0, 0.05) is 44.8 Å². The summed E-state index contributed by atoms with van der Waals surface area (Å²) in [5, 5.41) is 3.55. The first-order valence-electron chi connectivity index (χ1n) is 6.29. The van der Waals surface area contributed by atoms with Gasteiger partial charge in [-0.1, -0.05) is 6.92 Å². The molecule has 1 saturated heterocycles. The Labute approximate surface area is 94.8 Å². The van der Waals surface area contributed by atoms with E-state index in [2.05, 4.69) is 42.9 Å². The molecule has 0 amide bonds. The minimum Gasteiger partial charge on any atom is -0.313 e. The molecular formula is C12H27N3. The highest BCUT2D eigenvalue weighted by atomic mass is 15.3. The Morgan fingerprint density at radius 1 is 1.40 bits per heavy atom. The van der Waals surface area contributed by atoms with E-state index in [1.165, 1.54) is 32.6 Å². The number of hydrogen-bond donors (Lipinski definition) is 1. The van der Waals surface area contributed by atoms with Crippen LogP contribution < -0.4 is 5.32 Å². The second-order valence-corrected chi connectivity index (χ2v) is 4.89. The lowest BCUT2D eigenvalue weighted by atomic mass is 10.2. The van der Waals surface area contributed by atoms with Crippen molar-refractivity contribution in [2.75, 3.05) is 39.8 Å². The highest BCUT2D eigenvalue weighted by molar-refractivity contribution is 4.77. The average molecular weight is 213 g/mol. The van der Waals surface area contributed by atoms with Crippen molar-refractivity contribution < 1.29 is 0 Å². The molecule has 2 atom stereocenters. The fourth-order valence-electron chi connectivity index (χ4n) is 1.94. The van der Waals surface area contributed by atoms with E-state index >= 15 is 0 Å². The molecule has 3 nitrogen and oxygen atoms in total. The lowest BCUT2D eigenvalue weighted by Crippen LogP contribution is -2.51. The Hall–Kier alpha value is -0.120. The monoisotopic (exact) mass is 213 g/mol. The SMILES string of the molecule is CCC(C)NCCN1CCN(C)C(C)C1. The predicted octanol–water partition coefficient (Wildman–Crippen LogP) is 1.01. The molecule has 0 radical (unpaired) electrons. The van der Waals surface area contributed by atoms with E-state index in [9.17, 15) is 0 Å². The van der Waals surface area contributed by atoms with Crippen molar-refractivity contribution in [1.82, 2.24) is 15.1 Å². The van der Waals surface area contributed by atoms with Crippen LogP contribution in [-0.4, -0.2) is 61.7 Å². The van der Waals surface area contributed by atoms with Crippen LogP contribution in [0.15, 0.2) is 0 Å². The van der Waals surface area contributed by atoms with Crippen LogP contribution in [0.3, 0.4) is 0 Å². The van der Waals surface area contributed by atoms with Crippen molar-refractivity contribution in [3.05, 3.63) is 0 Å². The first-order valence-corrected chi connectivity index (χ1v) is 6.29. The van der Waals surface area contributed by atoms with Gasteiger partial charge in [-0.15, -0.1) is 0 Å². The maximum Gasteiger partial charge on any atom is 0.0192 e. The van der Waals surface area contributed by atoms with Crippen LogP contribution in [-0.2, 0) is 0 Å². The molecule has 0 aromatic heterocycles. The van der Waals surface area contributed by atoms with Crippen LogP contribution in [0.25, 0.3) is 0 Å². The molecule has 0 saturated carbocycles. The molecule has 1 aliphatic heterocycles. The lowest BCUT2D eigenvalue weighted by molar-refractivity contribution is 0.105. The third kappa shape index (κ3) is 4.49. The van der Waals surface area contributed by atoms with Crippen molar-refractivity contribution in [2.24, 2.45) is 0 Å². The highest BCUT2D eigenvalue weighted by Gasteiger charge is 2.19. The maximum absolute atomic E-state index is 3.55. The molecule has 1 N–H and O–H groups in total. The quantitative estimate of drug-likeness (QED) is 0.735. The van der Waals surface area contributed by atoms with Gasteiger partial charge in [-0.3, -0.25) is 4.90 Å². The lowest BCUT2D eigenvalue weighted by Gasteiger charge is -2.37. The van der Waals surface area contributed by atoms with E-state index in [4.69, 9.17) is 0 Å². The summed E-state index contributed by atoms with van der Waals surface area (Å²) in [7, 11) is 2.22. The second-order valence-electron chi connectivity index (χ2n) is 4.89. The van der Waals surface area contributed by atoms with Gasteiger partial charge in [0.15, 0.2) is 0 Å². The van der Waals surface area contributed by atoms with Crippen LogP contribution in [0.4, 0.5) is 0 Å². The molecule has 1 aliphatic rings. The predicted molar refractivity (Wildman–Crippen MR) is 66.3 cm³/mol. The molecule has 90 valence electrons. The Balaban J connectivity index is 2.12. The molecule has 15 heavy (non-hydrogen) atoms. The summed E-state index contributed by atoms with van der Waals surface area (Å²) in [5.74, 6) is 0. The number of hydrogen-bond acceptors (Lipinski definition) is 3. The van der Waals surface area contributed by atoms with Gasteiger partial charge in [0.05, 0.1) is 0 Å². The zero-order chi connectivity index (χ0) is 11.3. The largest absolute Gasteiger partial charge is 0.313 e. The topological polar surface area (TPSA) is 18.5 Å². The third-order valence-electron chi connectivity index (χ3n) is 3.58. The minimum atomic E-state index is 0.662. The molecule has 1 heterocycles.